The number of nitro groups is 1. The molecule has 3 aliphatic rings. The average molecular weight is 431 g/mol. The van der Waals surface area contributed by atoms with E-state index in [1.807, 2.05) is 42.5 Å². The summed E-state index contributed by atoms with van der Waals surface area (Å²) in [5.74, 6) is -1.86. The molecule has 32 heavy (non-hydrogen) atoms. The third-order valence-electron chi connectivity index (χ3n) is 6.72. The number of anilines is 1. The lowest BCUT2D eigenvalue weighted by molar-refractivity contribution is -0.384. The number of hydrogen-bond donors (Lipinski definition) is 1. The van der Waals surface area contributed by atoms with Gasteiger partial charge in [0.2, 0.25) is 17.7 Å². The van der Waals surface area contributed by atoms with E-state index in [0.29, 0.717) is 0 Å². The number of rotatable bonds is 6. The van der Waals surface area contributed by atoms with E-state index in [1.165, 1.54) is 24.3 Å². The SMILES string of the molecule is O=C(Nc1cccc([N+](=O)[O-])c1)[C@@H](Cc1ccccc1)N1C(=O)[C@@H]2[C@H](C1=O)[C@H]1C=C[C@H]2C1. The number of amides is 3. The number of carbonyl (C=O) groups excluding carboxylic acids is 3. The van der Waals surface area contributed by atoms with Gasteiger partial charge in [-0.3, -0.25) is 29.4 Å². The van der Waals surface area contributed by atoms with Crippen LogP contribution in [0.15, 0.2) is 66.7 Å². The molecule has 0 unspecified atom stereocenters. The first kappa shape index (κ1) is 20.1. The normalized spacial score (nSPS) is 26.3. The largest absolute Gasteiger partial charge is 0.324 e. The number of hydrogen-bond acceptors (Lipinski definition) is 5. The molecule has 0 radical (unpaired) electrons. The summed E-state index contributed by atoms with van der Waals surface area (Å²) in [5.41, 5.74) is 0.890. The Labute approximate surface area is 184 Å². The number of carbonyl (C=O) groups is 3. The maximum absolute atomic E-state index is 13.3. The Kier molecular flexibility index (Phi) is 4.84. The highest BCUT2D eigenvalue weighted by Crippen LogP contribution is 2.53. The quantitative estimate of drug-likeness (QED) is 0.327. The molecule has 5 rings (SSSR count). The van der Waals surface area contributed by atoms with Gasteiger partial charge in [-0.15, -0.1) is 0 Å². The molecule has 2 aromatic carbocycles. The minimum atomic E-state index is -1.04. The Hall–Kier alpha value is -3.81. The second-order valence-electron chi connectivity index (χ2n) is 8.55. The predicted octanol–water partition coefficient (Wildman–Crippen LogP) is 2.95. The van der Waals surface area contributed by atoms with E-state index in [2.05, 4.69) is 5.32 Å². The molecule has 0 spiro atoms. The molecule has 5 atom stereocenters. The second kappa shape index (κ2) is 7.71. The van der Waals surface area contributed by atoms with Gasteiger partial charge in [0.15, 0.2) is 0 Å². The molecule has 1 saturated heterocycles. The lowest BCUT2D eigenvalue weighted by Crippen LogP contribution is -2.49. The number of benzene rings is 2. The zero-order chi connectivity index (χ0) is 22.4. The third-order valence-corrected chi connectivity index (χ3v) is 6.72. The maximum Gasteiger partial charge on any atom is 0.271 e. The summed E-state index contributed by atoms with van der Waals surface area (Å²) < 4.78 is 0. The molecule has 8 nitrogen and oxygen atoms in total. The Balaban J connectivity index is 1.45. The summed E-state index contributed by atoms with van der Waals surface area (Å²) in [7, 11) is 0. The van der Waals surface area contributed by atoms with Crippen LogP contribution in [0.25, 0.3) is 0 Å². The van der Waals surface area contributed by atoms with E-state index < -0.39 is 28.7 Å². The summed E-state index contributed by atoms with van der Waals surface area (Å²) in [6, 6.07) is 13.7. The molecule has 2 fully saturated rings. The minimum Gasteiger partial charge on any atom is -0.324 e. The molecule has 1 N–H and O–H groups in total. The van der Waals surface area contributed by atoms with E-state index >= 15 is 0 Å². The third kappa shape index (κ3) is 3.28. The van der Waals surface area contributed by atoms with Crippen LogP contribution in [-0.2, 0) is 20.8 Å². The molecule has 2 aromatic rings. The lowest BCUT2D eigenvalue weighted by Gasteiger charge is -2.27. The van der Waals surface area contributed by atoms with Crippen LogP contribution >= 0.6 is 0 Å². The van der Waals surface area contributed by atoms with Crippen LogP contribution in [0.4, 0.5) is 11.4 Å². The van der Waals surface area contributed by atoms with E-state index in [0.717, 1.165) is 16.9 Å². The molecule has 2 bridgehead atoms. The van der Waals surface area contributed by atoms with Gasteiger partial charge in [0, 0.05) is 24.2 Å². The van der Waals surface area contributed by atoms with Crippen molar-refractivity contribution >= 4 is 29.1 Å². The number of nitro benzene ring substituents is 1. The van der Waals surface area contributed by atoms with Gasteiger partial charge in [0.25, 0.3) is 5.69 Å². The van der Waals surface area contributed by atoms with Crippen LogP contribution < -0.4 is 5.32 Å². The maximum atomic E-state index is 13.3. The fourth-order valence-corrected chi connectivity index (χ4v) is 5.29. The van der Waals surface area contributed by atoms with Gasteiger partial charge >= 0.3 is 0 Å². The Morgan fingerprint density at radius 3 is 2.31 bits per heavy atom. The molecule has 1 saturated carbocycles. The first-order chi connectivity index (χ1) is 15.4. The van der Waals surface area contributed by atoms with Crippen molar-refractivity contribution in [2.24, 2.45) is 23.7 Å². The van der Waals surface area contributed by atoms with Crippen LogP contribution in [-0.4, -0.2) is 33.6 Å². The minimum absolute atomic E-state index is 0.0451. The first-order valence-electron chi connectivity index (χ1n) is 10.6. The van der Waals surface area contributed by atoms with E-state index in [-0.39, 0.29) is 41.4 Å². The van der Waals surface area contributed by atoms with E-state index in [4.69, 9.17) is 0 Å². The number of likely N-dealkylation sites (tertiary alicyclic amines) is 1. The van der Waals surface area contributed by atoms with Crippen molar-refractivity contribution in [3.8, 4) is 0 Å². The van der Waals surface area contributed by atoms with Crippen LogP contribution in [0, 0.1) is 33.8 Å². The summed E-state index contributed by atoms with van der Waals surface area (Å²) >= 11 is 0. The van der Waals surface area contributed by atoms with Crippen molar-refractivity contribution in [2.75, 3.05) is 5.32 Å². The van der Waals surface area contributed by atoms with E-state index in [1.54, 1.807) is 0 Å². The fraction of sp³-hybridized carbons (Fsp3) is 0.292. The van der Waals surface area contributed by atoms with Gasteiger partial charge in [-0.1, -0.05) is 48.6 Å². The fourth-order valence-electron chi connectivity index (χ4n) is 5.29. The molecule has 0 aromatic heterocycles. The van der Waals surface area contributed by atoms with Crippen molar-refractivity contribution in [2.45, 2.75) is 18.9 Å². The number of non-ortho nitro benzene ring substituents is 1. The second-order valence-corrected chi connectivity index (χ2v) is 8.55. The number of nitrogens with zero attached hydrogens (tertiary/aromatic N) is 2. The van der Waals surface area contributed by atoms with Crippen molar-refractivity contribution in [3.05, 3.63) is 82.4 Å². The summed E-state index contributed by atoms with van der Waals surface area (Å²) in [5, 5.41) is 13.8. The average Bonchev–Trinajstić information content (AvgIpc) is 3.47. The van der Waals surface area contributed by atoms with Crippen LogP contribution in [0.3, 0.4) is 0 Å². The highest BCUT2D eigenvalue weighted by molar-refractivity contribution is 6.11. The summed E-state index contributed by atoms with van der Waals surface area (Å²) in [6.45, 7) is 0. The van der Waals surface area contributed by atoms with Gasteiger partial charge in [-0.25, -0.2) is 0 Å². The number of nitrogens with one attached hydrogen (secondary N) is 1. The van der Waals surface area contributed by atoms with Crippen molar-refractivity contribution < 1.29 is 19.3 Å². The zero-order valence-corrected chi connectivity index (χ0v) is 17.1. The Morgan fingerprint density at radius 2 is 1.69 bits per heavy atom. The molecule has 1 aliphatic heterocycles. The predicted molar refractivity (Wildman–Crippen MR) is 115 cm³/mol. The van der Waals surface area contributed by atoms with Gasteiger partial charge in [0.1, 0.15) is 6.04 Å². The Bertz CT molecular complexity index is 1120. The molecule has 1 heterocycles. The number of allylic oxidation sites excluding steroid dienone is 2. The molecule has 8 heteroatoms. The summed E-state index contributed by atoms with van der Waals surface area (Å²) in [6.07, 6.45) is 5.00. The molecule has 162 valence electrons. The smallest absolute Gasteiger partial charge is 0.271 e. The van der Waals surface area contributed by atoms with Crippen molar-refractivity contribution in [1.29, 1.82) is 0 Å². The van der Waals surface area contributed by atoms with Gasteiger partial charge < -0.3 is 5.32 Å². The number of imide groups is 1. The first-order valence-corrected chi connectivity index (χ1v) is 10.6. The topological polar surface area (TPSA) is 110 Å². The zero-order valence-electron chi connectivity index (χ0n) is 17.1. The monoisotopic (exact) mass is 431 g/mol. The molecular formula is C24H21N3O5. The lowest BCUT2D eigenvalue weighted by atomic mass is 9.85. The van der Waals surface area contributed by atoms with Gasteiger partial charge in [-0.05, 0) is 29.9 Å². The van der Waals surface area contributed by atoms with Crippen molar-refractivity contribution in [1.82, 2.24) is 4.90 Å². The van der Waals surface area contributed by atoms with Gasteiger partial charge in [0.05, 0.1) is 16.8 Å². The standard InChI is InChI=1S/C24H21N3O5/c28-22(25-17-7-4-8-18(13-17)27(31)32)19(11-14-5-2-1-3-6-14)26-23(29)20-15-9-10-16(12-15)21(20)24(26)30/h1-10,13,15-16,19-21H,11-12H2,(H,25,28)/t15-,16-,19+,20-,21+/m0/s1. The highest BCUT2D eigenvalue weighted by Gasteiger charge is 2.61. The van der Waals surface area contributed by atoms with Gasteiger partial charge in [-0.2, -0.15) is 0 Å². The van der Waals surface area contributed by atoms with Crippen LogP contribution in [0.2, 0.25) is 0 Å². The van der Waals surface area contributed by atoms with Crippen LogP contribution in [0.1, 0.15) is 12.0 Å². The van der Waals surface area contributed by atoms with Crippen molar-refractivity contribution in [3.63, 3.8) is 0 Å². The number of fused-ring (bicyclic) bond motifs is 5. The molecule has 2 aliphatic carbocycles. The molecule has 3 amide bonds. The summed E-state index contributed by atoms with van der Waals surface area (Å²) in [4.78, 5) is 51.6. The van der Waals surface area contributed by atoms with E-state index in [9.17, 15) is 24.5 Å². The van der Waals surface area contributed by atoms with Crippen LogP contribution in [0.5, 0.6) is 0 Å². The highest BCUT2D eigenvalue weighted by atomic mass is 16.6. The Morgan fingerprint density at radius 1 is 1.03 bits per heavy atom. The molecular weight excluding hydrogens is 410 g/mol.